The second-order valence-corrected chi connectivity index (χ2v) is 6.51. The molecule has 0 saturated carbocycles. The van der Waals surface area contributed by atoms with E-state index in [0.717, 1.165) is 24.6 Å². The maximum atomic E-state index is 4.75. The monoisotopic (exact) mass is 269 g/mol. The maximum Gasteiger partial charge on any atom is 0.185 e. The molecule has 104 valence electrons. The van der Waals surface area contributed by atoms with Gasteiger partial charge in [-0.15, -0.1) is 11.3 Å². The van der Waals surface area contributed by atoms with Gasteiger partial charge in [-0.25, -0.2) is 4.98 Å². The fourth-order valence-corrected chi connectivity index (χ4v) is 2.84. The number of thiazole rings is 1. The number of aryl methyl sites for hydroxylation is 1. The number of hydrogen-bond donors (Lipinski definition) is 1. The third kappa shape index (κ3) is 4.25. The largest absolute Gasteiger partial charge is 0.349 e. The first-order valence-corrected chi connectivity index (χ1v) is 7.69. The number of anilines is 1. The van der Waals surface area contributed by atoms with Crippen molar-refractivity contribution in [1.82, 2.24) is 10.3 Å². The lowest BCUT2D eigenvalue weighted by Gasteiger charge is -2.19. The first-order valence-electron chi connectivity index (χ1n) is 6.87. The fourth-order valence-electron chi connectivity index (χ4n) is 1.63. The summed E-state index contributed by atoms with van der Waals surface area (Å²) in [5, 5.41) is 4.65. The Morgan fingerprint density at radius 1 is 1.28 bits per heavy atom. The summed E-state index contributed by atoms with van der Waals surface area (Å²) in [6.07, 6.45) is 1.02. The Hall–Kier alpha value is -0.610. The fraction of sp³-hybridized carbons (Fsp3) is 0.786. The highest BCUT2D eigenvalue weighted by Crippen LogP contribution is 2.27. The van der Waals surface area contributed by atoms with Gasteiger partial charge in [0.05, 0.1) is 5.69 Å². The second-order valence-electron chi connectivity index (χ2n) is 5.45. The zero-order valence-electron chi connectivity index (χ0n) is 12.6. The minimum absolute atomic E-state index is 0.498. The third-order valence-corrected chi connectivity index (χ3v) is 4.20. The van der Waals surface area contributed by atoms with Gasteiger partial charge in [0.2, 0.25) is 0 Å². The Morgan fingerprint density at radius 3 is 2.44 bits per heavy atom. The molecule has 0 radical (unpaired) electrons. The lowest BCUT2D eigenvalue weighted by atomic mass is 10.2. The minimum Gasteiger partial charge on any atom is -0.349 e. The average Bonchev–Trinajstić information content (AvgIpc) is 2.70. The molecule has 0 fully saturated rings. The highest BCUT2D eigenvalue weighted by atomic mass is 32.1. The molecule has 1 heterocycles. The number of nitrogens with one attached hydrogen (secondary N) is 1. The topological polar surface area (TPSA) is 28.2 Å². The van der Waals surface area contributed by atoms with Crippen LogP contribution in [0.15, 0.2) is 0 Å². The molecule has 18 heavy (non-hydrogen) atoms. The van der Waals surface area contributed by atoms with Crippen LogP contribution in [0.5, 0.6) is 0 Å². The summed E-state index contributed by atoms with van der Waals surface area (Å²) in [5.74, 6) is 0.695. The molecule has 0 bridgehead atoms. The van der Waals surface area contributed by atoms with Crippen LogP contribution in [-0.2, 0) is 13.0 Å². The zero-order chi connectivity index (χ0) is 13.7. The van der Waals surface area contributed by atoms with Crippen LogP contribution in [0.3, 0.4) is 0 Å². The van der Waals surface area contributed by atoms with Crippen LogP contribution in [-0.4, -0.2) is 24.6 Å². The van der Waals surface area contributed by atoms with E-state index in [1.165, 1.54) is 10.6 Å². The van der Waals surface area contributed by atoms with Crippen LogP contribution in [0.25, 0.3) is 0 Å². The number of aromatic nitrogens is 1. The van der Waals surface area contributed by atoms with Crippen molar-refractivity contribution in [1.29, 1.82) is 0 Å². The molecule has 1 aromatic rings. The SMILES string of the molecule is CCc1nc(N(C)C(C)C)sc1CNCC(C)C. The molecule has 0 aliphatic rings. The summed E-state index contributed by atoms with van der Waals surface area (Å²) in [5.41, 5.74) is 1.25. The Morgan fingerprint density at radius 2 is 1.94 bits per heavy atom. The van der Waals surface area contributed by atoms with Crippen molar-refractivity contribution < 1.29 is 0 Å². The Labute approximate surface area is 116 Å². The van der Waals surface area contributed by atoms with Gasteiger partial charge in [-0.3, -0.25) is 0 Å². The van der Waals surface area contributed by atoms with Gasteiger partial charge in [-0.2, -0.15) is 0 Å². The van der Waals surface area contributed by atoms with Crippen LogP contribution >= 0.6 is 11.3 Å². The molecule has 1 aromatic heterocycles. The van der Waals surface area contributed by atoms with Gasteiger partial charge in [-0.1, -0.05) is 20.8 Å². The van der Waals surface area contributed by atoms with Gasteiger partial charge >= 0.3 is 0 Å². The lowest BCUT2D eigenvalue weighted by molar-refractivity contribution is 0.553. The Kier molecular flexibility index (Phi) is 6.09. The third-order valence-electron chi connectivity index (χ3n) is 3.02. The van der Waals surface area contributed by atoms with Crippen molar-refractivity contribution in [3.8, 4) is 0 Å². The summed E-state index contributed by atoms with van der Waals surface area (Å²) in [7, 11) is 2.12. The van der Waals surface area contributed by atoms with Gasteiger partial charge in [0, 0.05) is 24.5 Å². The van der Waals surface area contributed by atoms with E-state index in [1.54, 1.807) is 0 Å². The average molecular weight is 269 g/mol. The van der Waals surface area contributed by atoms with Gasteiger partial charge in [0.25, 0.3) is 0 Å². The standard InChI is InChI=1S/C14H27N3S/c1-7-12-13(9-15-8-10(2)3)18-14(16-12)17(6)11(4)5/h10-11,15H,7-9H2,1-6H3. The molecule has 0 aromatic carbocycles. The maximum absolute atomic E-state index is 4.75. The second kappa shape index (κ2) is 7.10. The van der Waals surface area contributed by atoms with Crippen LogP contribution < -0.4 is 10.2 Å². The first kappa shape index (κ1) is 15.4. The predicted molar refractivity (Wildman–Crippen MR) is 81.6 cm³/mol. The molecule has 1 N–H and O–H groups in total. The molecular weight excluding hydrogens is 242 g/mol. The van der Waals surface area contributed by atoms with Gasteiger partial charge in [-0.05, 0) is 32.7 Å². The number of nitrogens with zero attached hydrogens (tertiary/aromatic N) is 2. The van der Waals surface area contributed by atoms with E-state index < -0.39 is 0 Å². The normalized spacial score (nSPS) is 11.6. The highest BCUT2D eigenvalue weighted by Gasteiger charge is 2.14. The Bertz CT molecular complexity index is 358. The molecule has 0 aliphatic heterocycles. The van der Waals surface area contributed by atoms with Gasteiger partial charge in [0.1, 0.15) is 0 Å². The quantitative estimate of drug-likeness (QED) is 0.823. The smallest absolute Gasteiger partial charge is 0.185 e. The van der Waals surface area contributed by atoms with Crippen molar-refractivity contribution in [2.45, 2.75) is 53.6 Å². The van der Waals surface area contributed by atoms with Crippen molar-refractivity contribution in [2.75, 3.05) is 18.5 Å². The molecular formula is C14H27N3S. The van der Waals surface area contributed by atoms with E-state index in [9.17, 15) is 0 Å². The lowest BCUT2D eigenvalue weighted by Crippen LogP contribution is -2.25. The summed E-state index contributed by atoms with van der Waals surface area (Å²) in [6, 6.07) is 0.498. The van der Waals surface area contributed by atoms with Crippen LogP contribution in [0.2, 0.25) is 0 Å². The predicted octanol–water partition coefficient (Wildman–Crippen LogP) is 3.30. The summed E-state index contributed by atoms with van der Waals surface area (Å²) >= 11 is 1.82. The van der Waals surface area contributed by atoms with E-state index in [1.807, 2.05) is 11.3 Å². The summed E-state index contributed by atoms with van der Waals surface area (Å²) < 4.78 is 0. The molecule has 0 unspecified atom stereocenters. The van der Waals surface area contributed by atoms with Gasteiger partial charge in [0.15, 0.2) is 5.13 Å². The zero-order valence-corrected chi connectivity index (χ0v) is 13.4. The van der Waals surface area contributed by atoms with Crippen molar-refractivity contribution in [3.63, 3.8) is 0 Å². The molecule has 0 saturated heterocycles. The number of hydrogen-bond acceptors (Lipinski definition) is 4. The van der Waals surface area contributed by atoms with Crippen molar-refractivity contribution >= 4 is 16.5 Å². The molecule has 1 rings (SSSR count). The summed E-state index contributed by atoms with van der Waals surface area (Å²) in [4.78, 5) is 8.39. The highest BCUT2D eigenvalue weighted by molar-refractivity contribution is 7.15. The minimum atomic E-state index is 0.498. The molecule has 0 spiro atoms. The van der Waals surface area contributed by atoms with Crippen LogP contribution in [0, 0.1) is 5.92 Å². The van der Waals surface area contributed by atoms with E-state index in [0.29, 0.717) is 12.0 Å². The van der Waals surface area contributed by atoms with Crippen LogP contribution in [0.1, 0.15) is 45.2 Å². The van der Waals surface area contributed by atoms with E-state index >= 15 is 0 Å². The van der Waals surface area contributed by atoms with Crippen LogP contribution in [0.4, 0.5) is 5.13 Å². The Balaban J connectivity index is 2.72. The molecule has 0 amide bonds. The number of rotatable bonds is 7. The summed E-state index contributed by atoms with van der Waals surface area (Å²) in [6.45, 7) is 13.1. The molecule has 4 heteroatoms. The van der Waals surface area contributed by atoms with Gasteiger partial charge < -0.3 is 10.2 Å². The molecule has 0 aliphatic carbocycles. The van der Waals surface area contributed by atoms with E-state index in [-0.39, 0.29) is 0 Å². The first-order chi connectivity index (χ1) is 8.45. The molecule has 0 atom stereocenters. The van der Waals surface area contributed by atoms with E-state index in [4.69, 9.17) is 4.98 Å². The van der Waals surface area contributed by atoms with Crippen molar-refractivity contribution in [2.24, 2.45) is 5.92 Å². The van der Waals surface area contributed by atoms with Crippen molar-refractivity contribution in [3.05, 3.63) is 10.6 Å². The van der Waals surface area contributed by atoms with E-state index in [2.05, 4.69) is 51.9 Å². The molecule has 3 nitrogen and oxygen atoms in total.